The van der Waals surface area contributed by atoms with Crippen LogP contribution in [0.2, 0.25) is 0 Å². The lowest BCUT2D eigenvalue weighted by Gasteiger charge is -2.23. The molecule has 5 heteroatoms. The number of aromatic nitrogens is 1. The molecule has 2 heterocycles. The summed E-state index contributed by atoms with van der Waals surface area (Å²) in [5.74, 6) is 3.28. The Hall–Kier alpha value is -1.33. The first-order valence-corrected chi connectivity index (χ1v) is 8.34. The summed E-state index contributed by atoms with van der Waals surface area (Å²) < 4.78 is 0. The van der Waals surface area contributed by atoms with Gasteiger partial charge in [-0.05, 0) is 30.7 Å². The second-order valence-corrected chi connectivity index (χ2v) is 6.58. The summed E-state index contributed by atoms with van der Waals surface area (Å²) >= 11 is 7.17. The molecule has 2 aromatic rings. The Bertz CT molecular complexity index is 636. The maximum atomic E-state index is 5.85. The molecule has 1 fully saturated rings. The van der Waals surface area contributed by atoms with E-state index in [2.05, 4.69) is 10.3 Å². The number of nitrogens with one attached hydrogen (secondary N) is 1. The predicted molar refractivity (Wildman–Crippen MR) is 91.6 cm³/mol. The van der Waals surface area contributed by atoms with Gasteiger partial charge in [-0.1, -0.05) is 30.4 Å². The number of nitrogens with two attached hydrogens (primary N) is 1. The molecule has 1 atom stereocenters. The minimum atomic E-state index is 0.421. The Labute approximate surface area is 128 Å². The zero-order valence-corrected chi connectivity index (χ0v) is 12.8. The molecule has 1 aromatic carbocycles. The number of benzene rings is 1. The summed E-state index contributed by atoms with van der Waals surface area (Å²) in [6.07, 6.45) is 2.46. The van der Waals surface area contributed by atoms with Crippen LogP contribution in [0, 0.1) is 0 Å². The molecule has 0 radical (unpaired) electrons. The maximum Gasteiger partial charge on any atom is 0.127 e. The lowest BCUT2D eigenvalue weighted by atomic mass is 10.1. The number of hydrogen-bond donors (Lipinski definition) is 2. The van der Waals surface area contributed by atoms with E-state index in [-0.39, 0.29) is 0 Å². The van der Waals surface area contributed by atoms with Crippen molar-refractivity contribution in [1.82, 2.24) is 4.98 Å². The van der Waals surface area contributed by atoms with Gasteiger partial charge in [0.2, 0.25) is 0 Å². The van der Waals surface area contributed by atoms with Gasteiger partial charge < -0.3 is 11.1 Å². The van der Waals surface area contributed by atoms with Crippen molar-refractivity contribution in [3.05, 3.63) is 35.9 Å². The number of nitrogens with zero attached hydrogens (tertiary/aromatic N) is 1. The van der Waals surface area contributed by atoms with E-state index in [4.69, 9.17) is 18.0 Å². The van der Waals surface area contributed by atoms with Crippen molar-refractivity contribution in [2.75, 3.05) is 16.8 Å². The number of pyridine rings is 1. The molecule has 1 saturated heterocycles. The summed E-state index contributed by atoms with van der Waals surface area (Å²) in [4.78, 5) is 5.10. The fourth-order valence-electron chi connectivity index (χ4n) is 2.52. The van der Waals surface area contributed by atoms with E-state index in [0.29, 0.717) is 11.0 Å². The average Bonchev–Trinajstić information content (AvgIpc) is 2.47. The molecule has 1 aromatic heterocycles. The first-order valence-electron chi connectivity index (χ1n) is 6.78. The highest BCUT2D eigenvalue weighted by molar-refractivity contribution is 7.99. The van der Waals surface area contributed by atoms with Crippen molar-refractivity contribution in [3.8, 4) is 0 Å². The third kappa shape index (κ3) is 2.88. The van der Waals surface area contributed by atoms with Gasteiger partial charge in [-0.3, -0.25) is 0 Å². The van der Waals surface area contributed by atoms with E-state index in [1.54, 1.807) is 0 Å². The van der Waals surface area contributed by atoms with Crippen LogP contribution in [0.3, 0.4) is 0 Å². The van der Waals surface area contributed by atoms with E-state index < -0.39 is 0 Å². The van der Waals surface area contributed by atoms with Crippen molar-refractivity contribution in [2.45, 2.75) is 18.9 Å². The molecule has 3 rings (SSSR count). The van der Waals surface area contributed by atoms with E-state index >= 15 is 0 Å². The predicted octanol–water partition coefficient (Wildman–Crippen LogP) is 3.18. The molecule has 3 N–H and O–H groups in total. The molecule has 0 bridgehead atoms. The van der Waals surface area contributed by atoms with Crippen LogP contribution >= 0.6 is 24.0 Å². The zero-order chi connectivity index (χ0) is 13.9. The molecular weight excluding hydrogens is 286 g/mol. The second-order valence-electron chi connectivity index (χ2n) is 4.99. The summed E-state index contributed by atoms with van der Waals surface area (Å²) in [6.45, 7) is 0. The van der Waals surface area contributed by atoms with Gasteiger partial charge in [-0.25, -0.2) is 4.98 Å². The van der Waals surface area contributed by atoms with E-state index in [9.17, 15) is 0 Å². The third-order valence-corrected chi connectivity index (χ3v) is 4.93. The van der Waals surface area contributed by atoms with E-state index in [1.165, 1.54) is 18.6 Å². The van der Waals surface area contributed by atoms with Gasteiger partial charge in [0.25, 0.3) is 0 Å². The molecule has 0 saturated carbocycles. The number of para-hydroxylation sites is 1. The van der Waals surface area contributed by atoms with Gasteiger partial charge in [0.15, 0.2) is 0 Å². The molecule has 0 amide bonds. The van der Waals surface area contributed by atoms with Gasteiger partial charge in [0.1, 0.15) is 10.8 Å². The maximum absolute atomic E-state index is 5.85. The van der Waals surface area contributed by atoms with Crippen LogP contribution in [0.5, 0.6) is 0 Å². The fraction of sp³-hybridized carbons (Fsp3) is 0.333. The highest BCUT2D eigenvalue weighted by Gasteiger charge is 2.15. The Balaban J connectivity index is 1.96. The smallest absolute Gasteiger partial charge is 0.127 e. The monoisotopic (exact) mass is 303 g/mol. The lowest BCUT2D eigenvalue weighted by molar-refractivity contribution is 0.683. The Morgan fingerprint density at radius 2 is 2.25 bits per heavy atom. The first-order chi connectivity index (χ1) is 9.74. The summed E-state index contributed by atoms with van der Waals surface area (Å²) in [5, 5.41) is 4.54. The number of rotatable bonds is 3. The topological polar surface area (TPSA) is 50.9 Å². The highest BCUT2D eigenvalue weighted by Crippen LogP contribution is 2.24. The molecule has 0 spiro atoms. The van der Waals surface area contributed by atoms with Gasteiger partial charge in [-0.15, -0.1) is 0 Å². The molecular formula is C15H17N3S2. The van der Waals surface area contributed by atoms with Crippen LogP contribution in [0.25, 0.3) is 10.9 Å². The van der Waals surface area contributed by atoms with E-state index in [1.807, 2.05) is 42.1 Å². The first kappa shape index (κ1) is 13.6. The Morgan fingerprint density at radius 1 is 1.40 bits per heavy atom. The van der Waals surface area contributed by atoms with Crippen LogP contribution in [-0.4, -0.2) is 27.5 Å². The molecule has 3 nitrogen and oxygen atoms in total. The summed E-state index contributed by atoms with van der Waals surface area (Å²) in [5.41, 5.74) is 7.69. The minimum absolute atomic E-state index is 0.421. The number of thiocarbonyl (C=S) groups is 1. The fourth-order valence-corrected chi connectivity index (χ4v) is 3.76. The number of anilines is 1. The quantitative estimate of drug-likeness (QED) is 0.853. The van der Waals surface area contributed by atoms with Crippen LogP contribution in [-0.2, 0) is 0 Å². The Morgan fingerprint density at radius 3 is 3.00 bits per heavy atom. The van der Waals surface area contributed by atoms with Gasteiger partial charge >= 0.3 is 0 Å². The van der Waals surface area contributed by atoms with Crippen LogP contribution in [0.4, 0.5) is 5.82 Å². The summed E-state index contributed by atoms with van der Waals surface area (Å²) in [7, 11) is 0. The number of fused-ring (bicyclic) bond motifs is 1. The normalized spacial score (nSPS) is 18.9. The molecule has 20 heavy (non-hydrogen) atoms. The van der Waals surface area contributed by atoms with Gasteiger partial charge in [0.05, 0.1) is 5.52 Å². The second kappa shape index (κ2) is 5.97. The standard InChI is InChI=1S/C15H17N3S2/c16-15(19)12-8-14(17-10-4-3-7-20-9-10)18-13-6-2-1-5-11(12)13/h1-2,5-6,8,10H,3-4,7,9H2,(H2,16,19)(H,17,18). The average molecular weight is 303 g/mol. The van der Waals surface area contributed by atoms with Crippen molar-refractivity contribution >= 4 is 45.7 Å². The summed E-state index contributed by atoms with van der Waals surface area (Å²) in [6, 6.07) is 10.4. The van der Waals surface area contributed by atoms with Crippen molar-refractivity contribution < 1.29 is 0 Å². The number of hydrogen-bond acceptors (Lipinski definition) is 4. The molecule has 0 aliphatic carbocycles. The van der Waals surface area contributed by atoms with Gasteiger partial charge in [-0.2, -0.15) is 11.8 Å². The largest absolute Gasteiger partial charge is 0.389 e. The van der Waals surface area contributed by atoms with Crippen LogP contribution < -0.4 is 11.1 Å². The molecule has 1 unspecified atom stereocenters. The van der Waals surface area contributed by atoms with Crippen molar-refractivity contribution in [1.29, 1.82) is 0 Å². The minimum Gasteiger partial charge on any atom is -0.389 e. The van der Waals surface area contributed by atoms with Crippen LogP contribution in [0.15, 0.2) is 30.3 Å². The Kier molecular flexibility index (Phi) is 4.08. The van der Waals surface area contributed by atoms with E-state index in [0.717, 1.165) is 28.0 Å². The van der Waals surface area contributed by atoms with Gasteiger partial charge in [0, 0.05) is 22.7 Å². The van der Waals surface area contributed by atoms with Crippen LogP contribution in [0.1, 0.15) is 18.4 Å². The third-order valence-electron chi connectivity index (χ3n) is 3.49. The van der Waals surface area contributed by atoms with Crippen molar-refractivity contribution in [3.63, 3.8) is 0 Å². The molecule has 1 aliphatic rings. The SMILES string of the molecule is NC(=S)c1cc(NC2CCCSC2)nc2ccccc12. The molecule has 104 valence electrons. The lowest BCUT2D eigenvalue weighted by Crippen LogP contribution is -2.26. The van der Waals surface area contributed by atoms with Crippen molar-refractivity contribution in [2.24, 2.45) is 5.73 Å². The number of thioether (sulfide) groups is 1. The highest BCUT2D eigenvalue weighted by atomic mass is 32.2. The molecule has 1 aliphatic heterocycles. The zero-order valence-electron chi connectivity index (χ0n) is 11.1.